The first kappa shape index (κ1) is 23.8. The standard InChI is InChI=1S/C30H28N2O3/c1-35-26-19-11-12-22(20-26)21-27(28(31)33)32-29(34)30(23-13-5-2-6-14-23,24-15-7-3-8-16-24)25-17-9-4-10-18-25/h2-20,27H,21H2,1H3,(H2,31,33)(H,32,34)/t27-/m0/s1. The van der Waals surface area contributed by atoms with Gasteiger partial charge in [0.05, 0.1) is 7.11 Å². The molecule has 2 amide bonds. The Hall–Kier alpha value is -4.38. The molecule has 0 aliphatic heterocycles. The van der Waals surface area contributed by atoms with Crippen LogP contribution in [-0.2, 0) is 21.4 Å². The van der Waals surface area contributed by atoms with Gasteiger partial charge >= 0.3 is 0 Å². The minimum absolute atomic E-state index is 0.243. The van der Waals surface area contributed by atoms with Crippen LogP contribution in [0, 0.1) is 0 Å². The fourth-order valence-electron chi connectivity index (χ4n) is 4.48. The summed E-state index contributed by atoms with van der Waals surface area (Å²) in [4.78, 5) is 26.9. The second kappa shape index (κ2) is 10.7. The molecule has 0 bridgehead atoms. The molecule has 4 aromatic carbocycles. The molecule has 5 nitrogen and oxygen atoms in total. The van der Waals surface area contributed by atoms with Crippen molar-refractivity contribution in [1.29, 1.82) is 0 Å². The maximum absolute atomic E-state index is 14.4. The van der Waals surface area contributed by atoms with Crippen molar-refractivity contribution in [3.63, 3.8) is 0 Å². The van der Waals surface area contributed by atoms with Gasteiger partial charge in [0.2, 0.25) is 11.8 Å². The molecule has 0 heterocycles. The first-order valence-corrected chi connectivity index (χ1v) is 11.5. The van der Waals surface area contributed by atoms with Crippen molar-refractivity contribution in [3.8, 4) is 5.75 Å². The number of hydrogen-bond donors (Lipinski definition) is 2. The number of hydrogen-bond acceptors (Lipinski definition) is 3. The van der Waals surface area contributed by atoms with Gasteiger partial charge in [-0.2, -0.15) is 0 Å². The second-order valence-corrected chi connectivity index (χ2v) is 8.33. The van der Waals surface area contributed by atoms with Crippen LogP contribution in [0.1, 0.15) is 22.3 Å². The van der Waals surface area contributed by atoms with E-state index in [1.807, 2.05) is 115 Å². The van der Waals surface area contributed by atoms with Crippen LogP contribution in [0.4, 0.5) is 0 Å². The van der Waals surface area contributed by atoms with Crippen molar-refractivity contribution < 1.29 is 14.3 Å². The van der Waals surface area contributed by atoms with Crippen molar-refractivity contribution in [2.24, 2.45) is 5.73 Å². The lowest BCUT2D eigenvalue weighted by molar-refractivity contribution is -0.129. The van der Waals surface area contributed by atoms with Gasteiger partial charge in [0.1, 0.15) is 17.2 Å². The fourth-order valence-corrected chi connectivity index (χ4v) is 4.48. The summed E-state index contributed by atoms with van der Waals surface area (Å²) in [6, 6.07) is 35.2. The Balaban J connectivity index is 1.82. The Kier molecular flexibility index (Phi) is 7.27. The summed E-state index contributed by atoms with van der Waals surface area (Å²) in [6.45, 7) is 0. The maximum Gasteiger partial charge on any atom is 0.240 e. The predicted octanol–water partition coefficient (Wildman–Crippen LogP) is 4.24. The van der Waals surface area contributed by atoms with Gasteiger partial charge in [-0.3, -0.25) is 9.59 Å². The zero-order chi connectivity index (χ0) is 24.7. The van der Waals surface area contributed by atoms with Crippen LogP contribution in [0.3, 0.4) is 0 Å². The molecule has 35 heavy (non-hydrogen) atoms. The molecule has 0 aliphatic carbocycles. The summed E-state index contributed by atoms with van der Waals surface area (Å²) in [7, 11) is 1.58. The third-order valence-electron chi connectivity index (χ3n) is 6.18. The highest BCUT2D eigenvalue weighted by atomic mass is 16.5. The molecule has 176 valence electrons. The van der Waals surface area contributed by atoms with E-state index >= 15 is 0 Å². The van der Waals surface area contributed by atoms with Gasteiger partial charge in [-0.25, -0.2) is 0 Å². The van der Waals surface area contributed by atoms with Crippen molar-refractivity contribution in [2.45, 2.75) is 17.9 Å². The van der Waals surface area contributed by atoms with Crippen LogP contribution in [0.5, 0.6) is 5.75 Å². The van der Waals surface area contributed by atoms with Gasteiger partial charge in [0.15, 0.2) is 0 Å². The summed E-state index contributed by atoms with van der Waals surface area (Å²) < 4.78 is 5.30. The molecule has 4 aromatic rings. The van der Waals surface area contributed by atoms with Gasteiger partial charge in [-0.15, -0.1) is 0 Å². The van der Waals surface area contributed by atoms with Crippen LogP contribution in [0.2, 0.25) is 0 Å². The topological polar surface area (TPSA) is 81.4 Å². The third-order valence-corrected chi connectivity index (χ3v) is 6.18. The lowest BCUT2D eigenvalue weighted by Gasteiger charge is -2.35. The lowest BCUT2D eigenvalue weighted by atomic mass is 9.68. The molecule has 0 unspecified atom stereocenters. The first-order valence-electron chi connectivity index (χ1n) is 11.5. The molecular weight excluding hydrogens is 436 g/mol. The number of methoxy groups -OCH3 is 1. The smallest absolute Gasteiger partial charge is 0.240 e. The number of carbonyl (C=O) groups excluding carboxylic acids is 2. The Labute approximate surface area is 205 Å². The highest BCUT2D eigenvalue weighted by molar-refractivity contribution is 5.98. The van der Waals surface area contributed by atoms with Crippen molar-refractivity contribution in [2.75, 3.05) is 7.11 Å². The fraction of sp³-hybridized carbons (Fsp3) is 0.133. The van der Waals surface area contributed by atoms with Crippen LogP contribution >= 0.6 is 0 Å². The summed E-state index contributed by atoms with van der Waals surface area (Å²) in [5, 5.41) is 2.98. The number of amides is 2. The number of carbonyl (C=O) groups is 2. The summed E-state index contributed by atoms with van der Waals surface area (Å²) in [5.74, 6) is -0.263. The average molecular weight is 465 g/mol. The van der Waals surface area contributed by atoms with E-state index in [0.717, 1.165) is 22.3 Å². The molecule has 3 N–H and O–H groups in total. The van der Waals surface area contributed by atoms with E-state index in [-0.39, 0.29) is 12.3 Å². The van der Waals surface area contributed by atoms with Crippen LogP contribution in [-0.4, -0.2) is 25.0 Å². The van der Waals surface area contributed by atoms with Gasteiger partial charge < -0.3 is 15.8 Å². The number of primary amides is 1. The summed E-state index contributed by atoms with van der Waals surface area (Å²) in [5.41, 5.74) is 7.79. The third kappa shape index (κ3) is 4.94. The minimum atomic E-state index is -1.19. The number of nitrogens with one attached hydrogen (secondary N) is 1. The predicted molar refractivity (Wildman–Crippen MR) is 137 cm³/mol. The van der Waals surface area contributed by atoms with E-state index in [1.165, 1.54) is 0 Å². The molecule has 1 atom stereocenters. The number of benzene rings is 4. The number of rotatable bonds is 9. The molecular formula is C30H28N2O3. The Morgan fingerprint density at radius 2 is 1.26 bits per heavy atom. The molecule has 0 aliphatic rings. The van der Waals surface area contributed by atoms with Crippen LogP contribution in [0.25, 0.3) is 0 Å². The second-order valence-electron chi connectivity index (χ2n) is 8.33. The molecule has 0 radical (unpaired) electrons. The zero-order valence-electron chi connectivity index (χ0n) is 19.6. The molecule has 0 saturated heterocycles. The Morgan fingerprint density at radius 1 is 0.771 bits per heavy atom. The monoisotopic (exact) mass is 464 g/mol. The largest absolute Gasteiger partial charge is 0.497 e. The first-order chi connectivity index (χ1) is 17.1. The van der Waals surface area contributed by atoms with E-state index in [1.54, 1.807) is 7.11 Å². The average Bonchev–Trinajstić information content (AvgIpc) is 2.91. The van der Waals surface area contributed by atoms with Gasteiger partial charge in [0.25, 0.3) is 0 Å². The molecule has 0 aromatic heterocycles. The number of nitrogens with two attached hydrogens (primary N) is 1. The zero-order valence-corrected chi connectivity index (χ0v) is 19.6. The van der Waals surface area contributed by atoms with E-state index in [0.29, 0.717) is 5.75 Å². The van der Waals surface area contributed by atoms with Crippen molar-refractivity contribution in [1.82, 2.24) is 5.32 Å². The maximum atomic E-state index is 14.4. The highest BCUT2D eigenvalue weighted by Crippen LogP contribution is 2.39. The normalized spacial score (nSPS) is 11.9. The quantitative estimate of drug-likeness (QED) is 0.364. The van der Waals surface area contributed by atoms with Gasteiger partial charge in [-0.1, -0.05) is 103 Å². The van der Waals surface area contributed by atoms with Crippen molar-refractivity contribution in [3.05, 3.63) is 138 Å². The minimum Gasteiger partial charge on any atom is -0.497 e. The van der Waals surface area contributed by atoms with Gasteiger partial charge in [-0.05, 0) is 34.4 Å². The van der Waals surface area contributed by atoms with Gasteiger partial charge in [0, 0.05) is 6.42 Å². The van der Waals surface area contributed by atoms with E-state index in [2.05, 4.69) is 5.32 Å². The molecule has 5 heteroatoms. The molecule has 4 rings (SSSR count). The summed E-state index contributed by atoms with van der Waals surface area (Å²) >= 11 is 0. The highest BCUT2D eigenvalue weighted by Gasteiger charge is 2.44. The van der Waals surface area contributed by atoms with Crippen molar-refractivity contribution >= 4 is 11.8 Å². The Morgan fingerprint density at radius 3 is 1.69 bits per heavy atom. The SMILES string of the molecule is COc1cccc(C[C@H](NC(=O)C(c2ccccc2)(c2ccccc2)c2ccccc2)C(N)=O)c1. The summed E-state index contributed by atoms with van der Waals surface area (Å²) in [6.07, 6.45) is 0.243. The van der Waals surface area contributed by atoms with E-state index < -0.39 is 17.4 Å². The molecule has 0 spiro atoms. The number of ether oxygens (including phenoxy) is 1. The Bertz CT molecular complexity index is 1180. The van der Waals surface area contributed by atoms with Crippen LogP contribution < -0.4 is 15.8 Å². The van der Waals surface area contributed by atoms with Crippen LogP contribution in [0.15, 0.2) is 115 Å². The van der Waals surface area contributed by atoms with E-state index in [9.17, 15) is 9.59 Å². The molecule has 0 saturated carbocycles. The molecule has 0 fully saturated rings. The lowest BCUT2D eigenvalue weighted by Crippen LogP contribution is -2.54. The van der Waals surface area contributed by atoms with E-state index in [4.69, 9.17) is 10.5 Å².